The van der Waals surface area contributed by atoms with E-state index in [0.29, 0.717) is 6.04 Å². The lowest BCUT2D eigenvalue weighted by Gasteiger charge is -2.37. The Kier molecular flexibility index (Phi) is 5.92. The van der Waals surface area contributed by atoms with Crippen molar-refractivity contribution in [3.8, 4) is 5.75 Å². The van der Waals surface area contributed by atoms with Gasteiger partial charge >= 0.3 is 0 Å². The van der Waals surface area contributed by atoms with Gasteiger partial charge < -0.3 is 14.5 Å². The van der Waals surface area contributed by atoms with Crippen LogP contribution in [0.1, 0.15) is 46.1 Å². The van der Waals surface area contributed by atoms with Crippen LogP contribution in [0.3, 0.4) is 0 Å². The fraction of sp³-hybridized carbons (Fsp3) is 0.650. The van der Waals surface area contributed by atoms with E-state index in [1.165, 1.54) is 5.56 Å². The van der Waals surface area contributed by atoms with Crippen LogP contribution < -0.4 is 4.74 Å². The zero-order valence-electron chi connectivity index (χ0n) is 16.0. The fourth-order valence-corrected chi connectivity index (χ4v) is 3.12. The van der Waals surface area contributed by atoms with Gasteiger partial charge in [0.05, 0.1) is 0 Å². The number of carbonyl (C=O) groups excluding carboxylic acids is 1. The van der Waals surface area contributed by atoms with Crippen LogP contribution in [-0.2, 0) is 10.2 Å². The predicted molar refractivity (Wildman–Crippen MR) is 98.5 cm³/mol. The third kappa shape index (κ3) is 4.73. The second-order valence-electron chi connectivity index (χ2n) is 8.08. The van der Waals surface area contributed by atoms with Crippen molar-refractivity contribution >= 4 is 5.91 Å². The van der Waals surface area contributed by atoms with Crippen molar-refractivity contribution in [3.63, 3.8) is 0 Å². The van der Waals surface area contributed by atoms with Gasteiger partial charge in [0.2, 0.25) is 0 Å². The summed E-state index contributed by atoms with van der Waals surface area (Å²) in [6.07, 6.45) is 1.75. The number of ether oxygens (including phenoxy) is 1. The van der Waals surface area contributed by atoms with Crippen molar-refractivity contribution in [2.45, 2.75) is 58.1 Å². The quantitative estimate of drug-likeness (QED) is 0.848. The summed E-state index contributed by atoms with van der Waals surface area (Å²) in [4.78, 5) is 16.9. The zero-order chi connectivity index (χ0) is 17.9. The standard InChI is InChI=1S/C20H32N2O2/c1-15(19(23)22-12-8-10-17(14-22)21(5)6)24-18-11-7-9-16(13-18)20(2,3)4/h7,9,11,13,15,17H,8,10,12,14H2,1-6H3. The first-order valence-corrected chi connectivity index (χ1v) is 8.91. The van der Waals surface area contributed by atoms with Crippen molar-refractivity contribution in [2.24, 2.45) is 0 Å². The van der Waals surface area contributed by atoms with Gasteiger partial charge in [0.25, 0.3) is 5.91 Å². The Bertz CT molecular complexity index is 563. The third-order valence-corrected chi connectivity index (χ3v) is 4.80. The lowest BCUT2D eigenvalue weighted by molar-refractivity contribution is -0.139. The van der Waals surface area contributed by atoms with Gasteiger partial charge in [0, 0.05) is 19.1 Å². The highest BCUT2D eigenvalue weighted by molar-refractivity contribution is 5.81. The SMILES string of the molecule is CC(Oc1cccc(C(C)(C)C)c1)C(=O)N1CCCC(N(C)C)C1. The smallest absolute Gasteiger partial charge is 0.263 e. The lowest BCUT2D eigenvalue weighted by atomic mass is 9.87. The van der Waals surface area contributed by atoms with Gasteiger partial charge in [-0.3, -0.25) is 4.79 Å². The van der Waals surface area contributed by atoms with Crippen molar-refractivity contribution in [2.75, 3.05) is 27.2 Å². The normalized spacial score (nSPS) is 20.1. The highest BCUT2D eigenvalue weighted by Crippen LogP contribution is 2.26. The average molecular weight is 332 g/mol. The van der Waals surface area contributed by atoms with Crippen LogP contribution in [0, 0.1) is 0 Å². The maximum atomic E-state index is 12.7. The van der Waals surface area contributed by atoms with E-state index in [-0.39, 0.29) is 11.3 Å². The predicted octanol–water partition coefficient (Wildman–Crippen LogP) is 3.30. The van der Waals surface area contributed by atoms with Gasteiger partial charge in [-0.1, -0.05) is 32.9 Å². The molecule has 4 heteroatoms. The summed E-state index contributed by atoms with van der Waals surface area (Å²) in [5.74, 6) is 0.854. The maximum absolute atomic E-state index is 12.7. The van der Waals surface area contributed by atoms with Gasteiger partial charge in [-0.05, 0) is 57.0 Å². The Hall–Kier alpha value is -1.55. The number of likely N-dealkylation sites (tertiary alicyclic amines) is 1. The molecule has 0 aliphatic carbocycles. The molecular formula is C20H32N2O2. The first kappa shape index (κ1) is 18.8. The molecule has 2 atom stereocenters. The number of benzene rings is 1. The minimum atomic E-state index is -0.457. The second kappa shape index (κ2) is 7.56. The molecule has 0 spiro atoms. The number of carbonyl (C=O) groups is 1. The summed E-state index contributed by atoms with van der Waals surface area (Å²) < 4.78 is 5.96. The Morgan fingerprint density at radius 3 is 2.67 bits per heavy atom. The van der Waals surface area contributed by atoms with Crippen LogP contribution in [0.5, 0.6) is 5.75 Å². The van der Waals surface area contributed by atoms with Crippen molar-refractivity contribution in [1.82, 2.24) is 9.80 Å². The summed E-state index contributed by atoms with van der Waals surface area (Å²) in [7, 11) is 4.16. The highest BCUT2D eigenvalue weighted by atomic mass is 16.5. The largest absolute Gasteiger partial charge is 0.481 e. The average Bonchev–Trinajstić information content (AvgIpc) is 2.53. The molecule has 2 unspecified atom stereocenters. The van der Waals surface area contributed by atoms with Gasteiger partial charge in [0.1, 0.15) is 5.75 Å². The van der Waals surface area contributed by atoms with Crippen LogP contribution in [0.2, 0.25) is 0 Å². The van der Waals surface area contributed by atoms with Gasteiger partial charge in [-0.25, -0.2) is 0 Å². The minimum Gasteiger partial charge on any atom is -0.481 e. The Morgan fingerprint density at radius 2 is 2.04 bits per heavy atom. The molecule has 1 fully saturated rings. The Morgan fingerprint density at radius 1 is 1.33 bits per heavy atom. The minimum absolute atomic E-state index is 0.0679. The number of hydrogen-bond acceptors (Lipinski definition) is 3. The highest BCUT2D eigenvalue weighted by Gasteiger charge is 2.28. The van der Waals surface area contributed by atoms with Gasteiger partial charge in [-0.2, -0.15) is 0 Å². The van der Waals surface area contributed by atoms with Crippen molar-refractivity contribution in [1.29, 1.82) is 0 Å². The first-order valence-electron chi connectivity index (χ1n) is 8.91. The van der Waals surface area contributed by atoms with Crippen LogP contribution in [-0.4, -0.2) is 55.0 Å². The molecule has 134 valence electrons. The number of likely N-dealkylation sites (N-methyl/N-ethyl adjacent to an activating group) is 1. The monoisotopic (exact) mass is 332 g/mol. The van der Waals surface area contributed by atoms with Gasteiger partial charge in [0.15, 0.2) is 6.10 Å². The maximum Gasteiger partial charge on any atom is 0.263 e. The molecule has 1 aromatic rings. The number of amides is 1. The molecule has 0 N–H and O–H groups in total. The first-order chi connectivity index (χ1) is 11.2. The van der Waals surface area contributed by atoms with Gasteiger partial charge in [-0.15, -0.1) is 0 Å². The molecule has 0 bridgehead atoms. The number of nitrogens with zero attached hydrogens (tertiary/aromatic N) is 2. The summed E-state index contributed by atoms with van der Waals surface area (Å²) in [5, 5.41) is 0. The molecule has 1 aliphatic heterocycles. The van der Waals surface area contributed by atoms with E-state index in [4.69, 9.17) is 4.74 Å². The van der Waals surface area contributed by atoms with E-state index in [9.17, 15) is 4.79 Å². The number of piperidine rings is 1. The van der Waals surface area contributed by atoms with Crippen LogP contribution in [0.15, 0.2) is 24.3 Å². The van der Waals surface area contributed by atoms with E-state index < -0.39 is 6.10 Å². The molecule has 0 radical (unpaired) electrons. The van der Waals surface area contributed by atoms with E-state index in [1.54, 1.807) is 0 Å². The molecule has 2 rings (SSSR count). The van der Waals surface area contributed by atoms with E-state index in [1.807, 2.05) is 30.0 Å². The van der Waals surface area contributed by atoms with E-state index in [2.05, 4.69) is 45.8 Å². The Labute approximate surface area is 146 Å². The molecule has 1 heterocycles. The number of rotatable bonds is 4. The van der Waals surface area contributed by atoms with Crippen molar-refractivity contribution < 1.29 is 9.53 Å². The topological polar surface area (TPSA) is 32.8 Å². The summed E-state index contributed by atoms with van der Waals surface area (Å²) in [5.41, 5.74) is 1.28. The summed E-state index contributed by atoms with van der Waals surface area (Å²) >= 11 is 0. The molecule has 1 aliphatic rings. The number of hydrogen-bond donors (Lipinski definition) is 0. The molecule has 24 heavy (non-hydrogen) atoms. The second-order valence-corrected chi connectivity index (χ2v) is 8.08. The molecule has 1 aromatic carbocycles. The molecule has 0 aromatic heterocycles. The van der Waals surface area contributed by atoms with Crippen LogP contribution in [0.4, 0.5) is 0 Å². The molecule has 0 saturated carbocycles. The lowest BCUT2D eigenvalue weighted by Crippen LogP contribution is -2.50. The third-order valence-electron chi connectivity index (χ3n) is 4.80. The van der Waals surface area contributed by atoms with Crippen LogP contribution in [0.25, 0.3) is 0 Å². The zero-order valence-corrected chi connectivity index (χ0v) is 16.0. The molecule has 4 nitrogen and oxygen atoms in total. The molecular weight excluding hydrogens is 300 g/mol. The molecule has 1 amide bonds. The van der Waals surface area contributed by atoms with E-state index in [0.717, 1.165) is 31.7 Å². The summed E-state index contributed by atoms with van der Waals surface area (Å²) in [6, 6.07) is 8.52. The fourth-order valence-electron chi connectivity index (χ4n) is 3.12. The van der Waals surface area contributed by atoms with E-state index >= 15 is 0 Å². The summed E-state index contributed by atoms with van der Waals surface area (Å²) in [6.45, 7) is 10.0. The Balaban J connectivity index is 2.01. The molecule has 1 saturated heterocycles. The van der Waals surface area contributed by atoms with Crippen molar-refractivity contribution in [3.05, 3.63) is 29.8 Å². The van der Waals surface area contributed by atoms with Crippen LogP contribution >= 0.6 is 0 Å².